The highest BCUT2D eigenvalue weighted by Crippen LogP contribution is 2.17. The molecule has 0 amide bonds. The van der Waals surface area contributed by atoms with Crippen molar-refractivity contribution in [1.29, 1.82) is 0 Å². The molecule has 0 radical (unpaired) electrons. The van der Waals surface area contributed by atoms with Gasteiger partial charge in [-0.1, -0.05) is 12.1 Å². The number of methoxy groups -OCH3 is 1. The molecule has 0 aliphatic rings. The third-order valence-corrected chi connectivity index (χ3v) is 2.81. The lowest BCUT2D eigenvalue weighted by Gasteiger charge is -2.30. The van der Waals surface area contributed by atoms with E-state index in [9.17, 15) is 0 Å². The van der Waals surface area contributed by atoms with Gasteiger partial charge in [-0.3, -0.25) is 0 Å². The summed E-state index contributed by atoms with van der Waals surface area (Å²) in [4.78, 5) is 0. The lowest BCUT2D eigenvalue weighted by atomic mass is 9.93. The molecule has 84 valence electrons. The molecule has 0 aromatic heterocycles. The molecule has 0 saturated carbocycles. The Hall–Kier alpha value is -1.06. The van der Waals surface area contributed by atoms with Gasteiger partial charge in [0, 0.05) is 13.2 Å². The summed E-state index contributed by atoms with van der Waals surface area (Å²) in [5, 5.41) is 9.14. The molecule has 0 aliphatic carbocycles. The van der Waals surface area contributed by atoms with Crippen LogP contribution in [0, 0.1) is 0 Å². The quantitative estimate of drug-likeness (QED) is 0.793. The summed E-state index contributed by atoms with van der Waals surface area (Å²) in [5.74, 6) is 0.276. The number of benzene rings is 1. The van der Waals surface area contributed by atoms with Crippen molar-refractivity contribution >= 4 is 0 Å². The molecule has 1 aromatic carbocycles. The van der Waals surface area contributed by atoms with Gasteiger partial charge in [0.1, 0.15) is 5.75 Å². The van der Waals surface area contributed by atoms with Crippen LogP contribution in [0.25, 0.3) is 0 Å². The topological polar surface area (TPSA) is 55.5 Å². The van der Waals surface area contributed by atoms with Gasteiger partial charge in [0.05, 0.1) is 5.60 Å². The van der Waals surface area contributed by atoms with E-state index in [2.05, 4.69) is 0 Å². The second-order valence-corrected chi connectivity index (χ2v) is 4.28. The lowest BCUT2D eigenvalue weighted by molar-refractivity contribution is 0.000805. The lowest BCUT2D eigenvalue weighted by Crippen LogP contribution is -2.46. The first-order chi connectivity index (χ1) is 6.95. The summed E-state index contributed by atoms with van der Waals surface area (Å²) >= 11 is 0. The molecule has 1 unspecified atom stereocenters. The Morgan fingerprint density at radius 1 is 1.33 bits per heavy atom. The van der Waals surface area contributed by atoms with E-state index >= 15 is 0 Å². The Labute approximate surface area is 90.9 Å². The van der Waals surface area contributed by atoms with E-state index in [1.807, 2.05) is 26.0 Å². The van der Waals surface area contributed by atoms with Crippen LogP contribution in [0.1, 0.15) is 19.4 Å². The van der Waals surface area contributed by atoms with Gasteiger partial charge in [-0.15, -0.1) is 0 Å². The summed E-state index contributed by atoms with van der Waals surface area (Å²) in [6, 6.07) is 7.03. The molecule has 0 saturated heterocycles. The van der Waals surface area contributed by atoms with Crippen molar-refractivity contribution in [3.8, 4) is 5.75 Å². The SMILES string of the molecule is COC(C)(C)C(N)Cc1ccc(O)cc1. The van der Waals surface area contributed by atoms with Crippen molar-refractivity contribution in [2.24, 2.45) is 5.73 Å². The maximum Gasteiger partial charge on any atom is 0.115 e. The Bertz CT molecular complexity index is 306. The van der Waals surface area contributed by atoms with Gasteiger partial charge in [0.25, 0.3) is 0 Å². The van der Waals surface area contributed by atoms with Crippen LogP contribution in [-0.4, -0.2) is 23.9 Å². The predicted octanol–water partition coefficient (Wildman–Crippen LogP) is 1.69. The van der Waals surface area contributed by atoms with Crippen LogP contribution in [0.5, 0.6) is 5.75 Å². The zero-order chi connectivity index (χ0) is 11.5. The standard InChI is InChI=1S/C12H19NO2/c1-12(2,15-3)11(13)8-9-4-6-10(14)7-5-9/h4-7,11,14H,8,13H2,1-3H3. The Morgan fingerprint density at radius 2 is 1.87 bits per heavy atom. The van der Waals surface area contributed by atoms with Gasteiger partial charge >= 0.3 is 0 Å². The minimum Gasteiger partial charge on any atom is -0.508 e. The Balaban J connectivity index is 2.66. The zero-order valence-corrected chi connectivity index (χ0v) is 9.53. The summed E-state index contributed by atoms with van der Waals surface area (Å²) < 4.78 is 5.32. The molecule has 3 heteroatoms. The van der Waals surface area contributed by atoms with Gasteiger partial charge in [0.15, 0.2) is 0 Å². The van der Waals surface area contributed by atoms with Crippen LogP contribution in [-0.2, 0) is 11.2 Å². The van der Waals surface area contributed by atoms with E-state index in [1.165, 1.54) is 0 Å². The van der Waals surface area contributed by atoms with Gasteiger partial charge in [-0.25, -0.2) is 0 Å². The van der Waals surface area contributed by atoms with Gasteiger partial charge in [0.2, 0.25) is 0 Å². The van der Waals surface area contributed by atoms with E-state index in [0.717, 1.165) is 12.0 Å². The largest absolute Gasteiger partial charge is 0.508 e. The third kappa shape index (κ3) is 3.22. The van der Waals surface area contributed by atoms with Crippen LogP contribution >= 0.6 is 0 Å². The van der Waals surface area contributed by atoms with Crippen molar-refractivity contribution < 1.29 is 9.84 Å². The minimum atomic E-state index is -0.335. The number of phenols is 1. The van der Waals surface area contributed by atoms with Crippen molar-refractivity contribution in [3.63, 3.8) is 0 Å². The number of ether oxygens (including phenoxy) is 1. The second-order valence-electron chi connectivity index (χ2n) is 4.28. The predicted molar refractivity (Wildman–Crippen MR) is 60.9 cm³/mol. The molecule has 3 nitrogen and oxygen atoms in total. The number of rotatable bonds is 4. The van der Waals surface area contributed by atoms with E-state index in [0.29, 0.717) is 0 Å². The van der Waals surface area contributed by atoms with Crippen molar-refractivity contribution in [2.45, 2.75) is 31.9 Å². The number of hydrogen-bond donors (Lipinski definition) is 2. The fourth-order valence-corrected chi connectivity index (χ4v) is 1.28. The summed E-state index contributed by atoms with van der Waals surface area (Å²) in [5.41, 5.74) is 6.81. The molecule has 1 rings (SSSR count). The highest BCUT2D eigenvalue weighted by Gasteiger charge is 2.25. The summed E-state index contributed by atoms with van der Waals surface area (Å²) in [6.45, 7) is 3.94. The summed E-state index contributed by atoms with van der Waals surface area (Å²) in [6.07, 6.45) is 0.737. The molecule has 0 aliphatic heterocycles. The Kier molecular flexibility index (Phi) is 3.72. The highest BCUT2D eigenvalue weighted by atomic mass is 16.5. The highest BCUT2D eigenvalue weighted by molar-refractivity contribution is 5.26. The van der Waals surface area contributed by atoms with E-state index in [4.69, 9.17) is 15.6 Å². The maximum absolute atomic E-state index is 9.14. The van der Waals surface area contributed by atoms with Crippen LogP contribution in [0.3, 0.4) is 0 Å². The number of nitrogens with two attached hydrogens (primary N) is 1. The average molecular weight is 209 g/mol. The second kappa shape index (κ2) is 4.64. The molecule has 1 atom stereocenters. The molecule has 15 heavy (non-hydrogen) atoms. The van der Waals surface area contributed by atoms with Gasteiger partial charge < -0.3 is 15.6 Å². The molecule has 0 heterocycles. The minimum absolute atomic E-state index is 0.0629. The summed E-state index contributed by atoms with van der Waals surface area (Å²) in [7, 11) is 1.66. The maximum atomic E-state index is 9.14. The first-order valence-corrected chi connectivity index (χ1v) is 5.04. The zero-order valence-electron chi connectivity index (χ0n) is 9.53. The molecule has 0 bridgehead atoms. The molecule has 1 aromatic rings. The molecular weight excluding hydrogens is 190 g/mol. The number of phenolic OH excluding ortho intramolecular Hbond substituents is 1. The monoisotopic (exact) mass is 209 g/mol. The van der Waals surface area contributed by atoms with Crippen LogP contribution in [0.4, 0.5) is 0 Å². The Morgan fingerprint density at radius 3 is 2.33 bits per heavy atom. The van der Waals surface area contributed by atoms with Crippen LogP contribution in [0.15, 0.2) is 24.3 Å². The average Bonchev–Trinajstić information content (AvgIpc) is 2.21. The number of aromatic hydroxyl groups is 1. The van der Waals surface area contributed by atoms with Crippen molar-refractivity contribution in [2.75, 3.05) is 7.11 Å². The van der Waals surface area contributed by atoms with E-state index in [1.54, 1.807) is 19.2 Å². The van der Waals surface area contributed by atoms with Crippen LogP contribution in [0.2, 0.25) is 0 Å². The number of hydrogen-bond acceptors (Lipinski definition) is 3. The molecule has 0 fully saturated rings. The van der Waals surface area contributed by atoms with Gasteiger partial charge in [-0.05, 0) is 38.0 Å². The third-order valence-electron chi connectivity index (χ3n) is 2.81. The molecule has 3 N–H and O–H groups in total. The van der Waals surface area contributed by atoms with Crippen molar-refractivity contribution in [3.05, 3.63) is 29.8 Å². The van der Waals surface area contributed by atoms with Crippen LogP contribution < -0.4 is 5.73 Å². The fraction of sp³-hybridized carbons (Fsp3) is 0.500. The first-order valence-electron chi connectivity index (χ1n) is 5.04. The molecule has 0 spiro atoms. The van der Waals surface area contributed by atoms with Crippen molar-refractivity contribution in [1.82, 2.24) is 0 Å². The van der Waals surface area contributed by atoms with Gasteiger partial charge in [-0.2, -0.15) is 0 Å². The van der Waals surface area contributed by atoms with E-state index in [-0.39, 0.29) is 17.4 Å². The normalized spacial score (nSPS) is 13.9. The smallest absolute Gasteiger partial charge is 0.115 e. The molecular formula is C12H19NO2. The van der Waals surface area contributed by atoms with E-state index < -0.39 is 0 Å². The first kappa shape index (κ1) is 12.0. The fourth-order valence-electron chi connectivity index (χ4n) is 1.28.